The van der Waals surface area contributed by atoms with Crippen LogP contribution in [0.2, 0.25) is 0 Å². The Balaban J connectivity index is 1.54. The van der Waals surface area contributed by atoms with Gasteiger partial charge in [-0.1, -0.05) is 123 Å². The number of ether oxygens (including phenoxy) is 4. The Kier molecular flexibility index (Phi) is 14.0. The third-order valence-electron chi connectivity index (χ3n) is 12.8. The molecule has 4 aromatic carbocycles. The molecule has 7 rings (SSSR count). The van der Waals surface area contributed by atoms with E-state index in [9.17, 15) is 5.11 Å². The quantitative estimate of drug-likeness (QED) is 0.0574. The lowest BCUT2D eigenvalue weighted by Gasteiger charge is -2.32. The Bertz CT molecular complexity index is 1980. The van der Waals surface area contributed by atoms with Crippen molar-refractivity contribution in [1.82, 2.24) is 0 Å². The first-order chi connectivity index (χ1) is 28.7. The molecule has 314 valence electrons. The van der Waals surface area contributed by atoms with Crippen LogP contribution in [0.25, 0.3) is 22.3 Å². The summed E-state index contributed by atoms with van der Waals surface area (Å²) in [5.74, 6) is 4.50. The minimum atomic E-state index is -0.773. The second kappa shape index (κ2) is 19.2. The topological polar surface area (TPSA) is 84.8 Å². The standard InChI is InChI=1S/C49H64B2O8/c1-9-31(5)27-53-45-23-39-40-24-46(54-28-32(6)10-2)48(56-30-34(8)12-4)26-44(40)49(43(39)25-47(45)55-29-33(7)11-3)41-21-35(50-57-18-17-52)13-15-37(41)38-16-14-36(22-42(38)49)51-58-19-20-59-51/h13-16,21-26,31-34,50,52H,9-12,17-20,27-30H2,1-8H3. The van der Waals surface area contributed by atoms with E-state index in [1.54, 1.807) is 0 Å². The monoisotopic (exact) mass is 802 g/mol. The molecule has 1 spiro atoms. The van der Waals surface area contributed by atoms with Crippen molar-refractivity contribution < 1.29 is 38.0 Å². The molecule has 2 aliphatic carbocycles. The first kappa shape index (κ1) is 43.1. The highest BCUT2D eigenvalue weighted by molar-refractivity contribution is 6.61. The number of hydrogen-bond donors (Lipinski definition) is 1. The van der Waals surface area contributed by atoms with Gasteiger partial charge in [-0.2, -0.15) is 0 Å². The molecule has 4 atom stereocenters. The molecule has 4 unspecified atom stereocenters. The van der Waals surface area contributed by atoms with Gasteiger partial charge in [-0.25, -0.2) is 0 Å². The van der Waals surface area contributed by atoms with Gasteiger partial charge in [0.1, 0.15) is 0 Å². The molecule has 1 saturated heterocycles. The minimum Gasteiger partial charge on any atom is -0.489 e. The molecule has 4 aromatic rings. The lowest BCUT2D eigenvalue weighted by atomic mass is 9.67. The van der Waals surface area contributed by atoms with Gasteiger partial charge in [0.15, 0.2) is 23.0 Å². The molecule has 1 aliphatic heterocycles. The van der Waals surface area contributed by atoms with Gasteiger partial charge in [0.25, 0.3) is 0 Å². The molecule has 10 heteroatoms. The summed E-state index contributed by atoms with van der Waals surface area (Å²) >= 11 is 0. The highest BCUT2D eigenvalue weighted by atomic mass is 16.6. The predicted octanol–water partition coefficient (Wildman–Crippen LogP) is 8.46. The summed E-state index contributed by atoms with van der Waals surface area (Å²) in [4.78, 5) is 0. The highest BCUT2D eigenvalue weighted by Gasteiger charge is 2.53. The Labute approximate surface area is 353 Å². The van der Waals surface area contributed by atoms with Gasteiger partial charge in [0, 0.05) is 0 Å². The number of aliphatic hydroxyl groups is 1. The van der Waals surface area contributed by atoms with Gasteiger partial charge >= 0.3 is 14.6 Å². The molecule has 0 saturated carbocycles. The van der Waals surface area contributed by atoms with Crippen LogP contribution in [0.15, 0.2) is 60.7 Å². The average Bonchev–Trinajstić information content (AvgIpc) is 3.97. The summed E-state index contributed by atoms with van der Waals surface area (Å²) in [5, 5.41) is 9.58. The van der Waals surface area contributed by atoms with Crippen molar-refractivity contribution in [2.24, 2.45) is 23.7 Å². The van der Waals surface area contributed by atoms with Crippen LogP contribution in [0, 0.1) is 23.7 Å². The SMILES string of the molecule is CCC(C)COc1cc2c(cc1OCC(C)CC)C1(c3cc(BOCCO)ccc3-c3ccc(B4OCCO4)cc31)c1cc(OCC(C)CC)c(OCC(C)CC)cc1-2. The van der Waals surface area contributed by atoms with E-state index in [0.717, 1.165) is 104 Å². The van der Waals surface area contributed by atoms with Gasteiger partial charge in [-0.3, -0.25) is 0 Å². The second-order valence-electron chi connectivity index (χ2n) is 17.3. The zero-order chi connectivity index (χ0) is 41.7. The fraction of sp³-hybridized carbons (Fsp3) is 0.510. The fourth-order valence-corrected chi connectivity index (χ4v) is 8.19. The van der Waals surface area contributed by atoms with Crippen molar-refractivity contribution in [2.45, 2.75) is 86.5 Å². The summed E-state index contributed by atoms with van der Waals surface area (Å²) in [7, 11) is -0.0629. The molecule has 0 bridgehead atoms. The zero-order valence-electron chi connectivity index (χ0n) is 36.7. The van der Waals surface area contributed by atoms with Crippen molar-refractivity contribution in [2.75, 3.05) is 52.9 Å². The van der Waals surface area contributed by atoms with Crippen LogP contribution < -0.4 is 29.9 Å². The Morgan fingerprint density at radius 1 is 0.576 bits per heavy atom. The molecule has 0 aromatic heterocycles. The van der Waals surface area contributed by atoms with E-state index in [1.165, 1.54) is 0 Å². The highest BCUT2D eigenvalue weighted by Crippen LogP contribution is 2.65. The maximum absolute atomic E-state index is 9.58. The van der Waals surface area contributed by atoms with Gasteiger partial charge < -0.3 is 38.0 Å². The largest absolute Gasteiger partial charge is 0.494 e. The lowest BCUT2D eigenvalue weighted by Crippen LogP contribution is -2.34. The molecule has 0 radical (unpaired) electrons. The molecule has 1 fully saturated rings. The maximum atomic E-state index is 9.58. The van der Waals surface area contributed by atoms with Crippen LogP contribution in [-0.2, 0) is 19.4 Å². The predicted molar refractivity (Wildman–Crippen MR) is 240 cm³/mol. The first-order valence-electron chi connectivity index (χ1n) is 22.2. The molecule has 1 heterocycles. The van der Waals surface area contributed by atoms with Crippen LogP contribution in [0.4, 0.5) is 0 Å². The second-order valence-corrected chi connectivity index (χ2v) is 17.3. The third-order valence-corrected chi connectivity index (χ3v) is 12.8. The molecular formula is C49H64B2O8. The number of aliphatic hydroxyl groups excluding tert-OH is 1. The number of rotatable bonds is 21. The normalized spacial score (nSPS) is 18.2. The van der Waals surface area contributed by atoms with E-state index in [-0.39, 0.29) is 13.2 Å². The van der Waals surface area contributed by atoms with Crippen LogP contribution in [0.1, 0.15) is 103 Å². The van der Waals surface area contributed by atoms with Crippen LogP contribution >= 0.6 is 0 Å². The number of benzene rings is 4. The summed E-state index contributed by atoms with van der Waals surface area (Å²) in [6.45, 7) is 21.4. The minimum absolute atomic E-state index is 0.0309. The fourth-order valence-electron chi connectivity index (χ4n) is 8.19. The Morgan fingerprint density at radius 2 is 1.00 bits per heavy atom. The van der Waals surface area contributed by atoms with E-state index >= 15 is 0 Å². The molecule has 1 N–H and O–H groups in total. The number of hydrogen-bond acceptors (Lipinski definition) is 8. The van der Waals surface area contributed by atoms with E-state index in [1.807, 2.05) is 0 Å². The summed E-state index contributed by atoms with van der Waals surface area (Å²) in [6, 6.07) is 22.3. The third kappa shape index (κ3) is 8.66. The van der Waals surface area contributed by atoms with Gasteiger partial charge in [-0.05, 0) is 97.9 Å². The average molecular weight is 803 g/mol. The van der Waals surface area contributed by atoms with E-state index in [0.29, 0.717) is 70.8 Å². The van der Waals surface area contributed by atoms with Gasteiger partial charge in [0.2, 0.25) is 0 Å². The Morgan fingerprint density at radius 3 is 1.46 bits per heavy atom. The first-order valence-corrected chi connectivity index (χ1v) is 22.2. The summed E-state index contributed by atoms with van der Waals surface area (Å²) in [5.41, 5.74) is 10.3. The summed E-state index contributed by atoms with van der Waals surface area (Å²) in [6.07, 6.45) is 4.06. The molecular weight excluding hydrogens is 738 g/mol. The van der Waals surface area contributed by atoms with Crippen LogP contribution in [0.5, 0.6) is 23.0 Å². The van der Waals surface area contributed by atoms with Gasteiger partial charge in [-0.15, -0.1) is 0 Å². The molecule has 59 heavy (non-hydrogen) atoms. The Hall–Kier alpha value is -3.95. The molecule has 0 amide bonds. The lowest BCUT2D eigenvalue weighted by molar-refractivity contribution is 0.209. The van der Waals surface area contributed by atoms with E-state index < -0.39 is 12.5 Å². The maximum Gasteiger partial charge on any atom is 0.494 e. The molecule has 8 nitrogen and oxygen atoms in total. The number of fused-ring (bicyclic) bond motifs is 10. The van der Waals surface area contributed by atoms with Crippen LogP contribution in [-0.4, -0.2) is 72.6 Å². The van der Waals surface area contributed by atoms with Crippen molar-refractivity contribution in [1.29, 1.82) is 0 Å². The van der Waals surface area contributed by atoms with Crippen molar-refractivity contribution in [3.05, 3.63) is 82.9 Å². The van der Waals surface area contributed by atoms with Crippen molar-refractivity contribution in [3.8, 4) is 45.3 Å². The summed E-state index contributed by atoms with van der Waals surface area (Å²) < 4.78 is 45.2. The zero-order valence-corrected chi connectivity index (χ0v) is 36.7. The van der Waals surface area contributed by atoms with E-state index in [2.05, 4.69) is 116 Å². The van der Waals surface area contributed by atoms with E-state index in [4.69, 9.17) is 32.9 Å². The van der Waals surface area contributed by atoms with Crippen molar-refractivity contribution in [3.63, 3.8) is 0 Å². The smallest absolute Gasteiger partial charge is 0.489 e. The van der Waals surface area contributed by atoms with Gasteiger partial charge in [0.05, 0.1) is 58.3 Å². The van der Waals surface area contributed by atoms with Crippen molar-refractivity contribution >= 4 is 25.5 Å². The molecule has 3 aliphatic rings. The van der Waals surface area contributed by atoms with Crippen LogP contribution in [0.3, 0.4) is 0 Å².